The molecule has 1 atom stereocenters. The number of hydrogen-bond donors (Lipinski definition) is 2. The van der Waals surface area contributed by atoms with E-state index in [0.29, 0.717) is 5.56 Å². The summed E-state index contributed by atoms with van der Waals surface area (Å²) >= 11 is 8.66. The summed E-state index contributed by atoms with van der Waals surface area (Å²) in [6.07, 6.45) is -1.55. The number of hydrogen-bond acceptors (Lipinski definition) is 5. The third kappa shape index (κ3) is 8.40. The molecule has 6 nitrogen and oxygen atoms in total. The Labute approximate surface area is 207 Å². The van der Waals surface area contributed by atoms with E-state index in [1.54, 1.807) is 38.1 Å². The fraction of sp³-hybridized carbons (Fsp3) is 0.375. The Kier molecular flexibility index (Phi) is 9.36. The van der Waals surface area contributed by atoms with E-state index in [1.165, 1.54) is 13.8 Å². The Hall–Kier alpha value is -2.52. The summed E-state index contributed by atoms with van der Waals surface area (Å²) < 4.78 is 26.4. The van der Waals surface area contributed by atoms with Gasteiger partial charge in [0.05, 0.1) is 6.10 Å². The zero-order chi connectivity index (χ0) is 24.6. The van der Waals surface area contributed by atoms with Gasteiger partial charge in [0.15, 0.2) is 10.7 Å². The molecular formula is C24H28BrFN2O4S. The molecule has 2 N–H and O–H groups in total. The van der Waals surface area contributed by atoms with Crippen LogP contribution in [0.2, 0.25) is 0 Å². The quantitative estimate of drug-likeness (QED) is 0.339. The minimum atomic E-state index is -1.78. The highest BCUT2D eigenvalue weighted by molar-refractivity contribution is 9.10. The molecule has 178 valence electrons. The van der Waals surface area contributed by atoms with Gasteiger partial charge < -0.3 is 14.8 Å². The van der Waals surface area contributed by atoms with Crippen molar-refractivity contribution in [3.8, 4) is 0 Å². The van der Waals surface area contributed by atoms with Gasteiger partial charge in [-0.2, -0.15) is 0 Å². The normalized spacial score (nSPS) is 13.1. The fourth-order valence-electron chi connectivity index (χ4n) is 3.22. The number of alkyl halides is 1. The highest BCUT2D eigenvalue weighted by atomic mass is 79.9. The van der Waals surface area contributed by atoms with E-state index in [1.807, 2.05) is 30.3 Å². The molecule has 0 spiro atoms. The van der Waals surface area contributed by atoms with E-state index in [4.69, 9.17) is 21.7 Å². The predicted molar refractivity (Wildman–Crippen MR) is 132 cm³/mol. The van der Waals surface area contributed by atoms with E-state index in [9.17, 15) is 14.0 Å². The molecule has 0 radical (unpaired) electrons. The topological polar surface area (TPSA) is 76.7 Å². The first-order valence-corrected chi connectivity index (χ1v) is 11.6. The van der Waals surface area contributed by atoms with Crippen LogP contribution in [-0.2, 0) is 26.4 Å². The van der Waals surface area contributed by atoms with Crippen molar-refractivity contribution in [2.24, 2.45) is 0 Å². The minimum absolute atomic E-state index is 0.0417. The molecule has 0 aromatic heterocycles. The van der Waals surface area contributed by atoms with Crippen LogP contribution in [0.1, 0.15) is 45.2 Å². The molecule has 1 amide bonds. The van der Waals surface area contributed by atoms with Gasteiger partial charge in [-0.05, 0) is 63.2 Å². The summed E-state index contributed by atoms with van der Waals surface area (Å²) in [7, 11) is 0. The average molecular weight is 539 g/mol. The zero-order valence-corrected chi connectivity index (χ0v) is 21.4. The monoisotopic (exact) mass is 538 g/mol. The summed E-state index contributed by atoms with van der Waals surface area (Å²) in [4.78, 5) is 25.6. The van der Waals surface area contributed by atoms with Crippen LogP contribution >= 0.6 is 28.1 Å². The summed E-state index contributed by atoms with van der Waals surface area (Å²) in [6.45, 7) is 6.15. The van der Waals surface area contributed by atoms with Crippen LogP contribution in [0.5, 0.6) is 0 Å². The molecule has 2 aromatic rings. The Morgan fingerprint density at radius 1 is 1.09 bits per heavy atom. The van der Waals surface area contributed by atoms with E-state index < -0.39 is 29.4 Å². The number of nitrogens with one attached hydrogen (secondary N) is 2. The van der Waals surface area contributed by atoms with Gasteiger partial charge in [0.25, 0.3) is 0 Å². The fourth-order valence-corrected chi connectivity index (χ4v) is 3.74. The van der Waals surface area contributed by atoms with Gasteiger partial charge in [-0.15, -0.1) is 0 Å². The molecule has 0 aliphatic rings. The third-order valence-corrected chi connectivity index (χ3v) is 5.20. The van der Waals surface area contributed by atoms with Crippen molar-refractivity contribution < 1.29 is 23.5 Å². The number of rotatable bonds is 8. The molecule has 0 unspecified atom stereocenters. The highest BCUT2D eigenvalue weighted by Gasteiger charge is 2.47. The van der Waals surface area contributed by atoms with Crippen LogP contribution in [0.25, 0.3) is 0 Å². The molecule has 0 fully saturated rings. The van der Waals surface area contributed by atoms with Crippen molar-refractivity contribution in [3.05, 3.63) is 70.2 Å². The molecule has 0 saturated heterocycles. The number of carbonyl (C=O) groups is 2. The number of ether oxygens (including phenoxy) is 2. The van der Waals surface area contributed by atoms with Gasteiger partial charge in [0.2, 0.25) is 0 Å². The largest absolute Gasteiger partial charge is 0.461 e. The number of carbonyl (C=O) groups excluding carboxylic acids is 2. The standard InChI is InChI=1S/C24H28BrFN2O4S/c1-16(2)32-20(29)24(15-23(3,4)26,18-10-12-19(25)13-11-18)28-21(33)27-22(30)31-14-17-8-6-5-7-9-17/h5-13,16H,14-15H2,1-4H3,(H2,27,28,30,33)/t24-/m1/s1. The van der Waals surface area contributed by atoms with Gasteiger partial charge in [0.1, 0.15) is 12.3 Å². The third-order valence-electron chi connectivity index (χ3n) is 4.47. The van der Waals surface area contributed by atoms with Crippen LogP contribution < -0.4 is 10.6 Å². The molecule has 9 heteroatoms. The van der Waals surface area contributed by atoms with Crippen LogP contribution in [0.3, 0.4) is 0 Å². The first-order valence-electron chi connectivity index (χ1n) is 10.4. The van der Waals surface area contributed by atoms with Crippen molar-refractivity contribution in [1.29, 1.82) is 0 Å². The van der Waals surface area contributed by atoms with Crippen molar-refractivity contribution in [3.63, 3.8) is 0 Å². The number of benzene rings is 2. The average Bonchev–Trinajstić information content (AvgIpc) is 2.71. The Morgan fingerprint density at radius 2 is 1.70 bits per heavy atom. The lowest BCUT2D eigenvalue weighted by Crippen LogP contribution is -2.58. The lowest BCUT2D eigenvalue weighted by atomic mass is 9.81. The molecule has 2 aromatic carbocycles. The van der Waals surface area contributed by atoms with Crippen LogP contribution in [0.4, 0.5) is 9.18 Å². The maximum Gasteiger partial charge on any atom is 0.413 e. The molecule has 0 bridgehead atoms. The second-order valence-electron chi connectivity index (χ2n) is 8.40. The predicted octanol–water partition coefficient (Wildman–Crippen LogP) is 5.54. The maximum atomic E-state index is 15.0. The second-order valence-corrected chi connectivity index (χ2v) is 9.73. The van der Waals surface area contributed by atoms with Gasteiger partial charge in [-0.3, -0.25) is 5.32 Å². The second kappa shape index (κ2) is 11.6. The first-order chi connectivity index (χ1) is 15.4. The maximum absolute atomic E-state index is 15.0. The van der Waals surface area contributed by atoms with E-state index >= 15 is 0 Å². The molecule has 33 heavy (non-hydrogen) atoms. The molecule has 0 aliphatic heterocycles. The molecular weight excluding hydrogens is 511 g/mol. The zero-order valence-electron chi connectivity index (χ0n) is 19.0. The smallest absolute Gasteiger partial charge is 0.413 e. The van der Waals surface area contributed by atoms with Crippen molar-refractivity contribution >= 4 is 45.3 Å². The number of amides is 1. The van der Waals surface area contributed by atoms with Crippen molar-refractivity contribution in [2.45, 2.75) is 58.0 Å². The summed E-state index contributed by atoms with van der Waals surface area (Å²) in [5.41, 5.74) is -2.23. The van der Waals surface area contributed by atoms with Crippen molar-refractivity contribution in [1.82, 2.24) is 10.6 Å². The Bertz CT molecular complexity index is 965. The van der Waals surface area contributed by atoms with E-state index in [-0.39, 0.29) is 18.1 Å². The molecule has 0 aliphatic carbocycles. The number of alkyl carbamates (subject to hydrolysis) is 1. The SMILES string of the molecule is CC(C)OC(=O)[C@](CC(C)(C)F)(NC(=S)NC(=O)OCc1ccccc1)c1ccc(Br)cc1. The van der Waals surface area contributed by atoms with Crippen molar-refractivity contribution in [2.75, 3.05) is 0 Å². The lowest BCUT2D eigenvalue weighted by Gasteiger charge is -2.37. The van der Waals surface area contributed by atoms with E-state index in [0.717, 1.165) is 10.0 Å². The lowest BCUT2D eigenvalue weighted by molar-refractivity contribution is -0.157. The van der Waals surface area contributed by atoms with E-state index in [2.05, 4.69) is 26.6 Å². The summed E-state index contributed by atoms with van der Waals surface area (Å²) in [5, 5.41) is 5.05. The first kappa shape index (κ1) is 26.7. The Balaban J connectivity index is 2.29. The minimum Gasteiger partial charge on any atom is -0.461 e. The van der Waals surface area contributed by atoms with Gasteiger partial charge >= 0.3 is 12.1 Å². The van der Waals surface area contributed by atoms with Gasteiger partial charge in [-0.1, -0.05) is 58.4 Å². The number of esters is 1. The van der Waals surface area contributed by atoms with Crippen LogP contribution in [0, 0.1) is 0 Å². The molecule has 0 heterocycles. The Morgan fingerprint density at radius 3 is 2.24 bits per heavy atom. The van der Waals surface area contributed by atoms with Gasteiger partial charge in [0, 0.05) is 10.9 Å². The summed E-state index contributed by atoms with van der Waals surface area (Å²) in [5.74, 6) is -0.715. The molecule has 2 rings (SSSR count). The summed E-state index contributed by atoms with van der Waals surface area (Å²) in [6, 6.07) is 15.9. The highest BCUT2D eigenvalue weighted by Crippen LogP contribution is 2.35. The number of halogens is 2. The van der Waals surface area contributed by atoms with Crippen LogP contribution in [0.15, 0.2) is 59.1 Å². The van der Waals surface area contributed by atoms with Crippen LogP contribution in [-0.4, -0.2) is 28.9 Å². The number of thiocarbonyl (C=S) groups is 1. The van der Waals surface area contributed by atoms with Gasteiger partial charge in [-0.25, -0.2) is 14.0 Å². The molecule has 0 saturated carbocycles.